The number of carbonyl (C=O) groups excluding carboxylic acids is 1. The van der Waals surface area contributed by atoms with Gasteiger partial charge in [0.2, 0.25) is 0 Å². The molecule has 3 unspecified atom stereocenters. The first-order valence-corrected chi connectivity index (χ1v) is 7.04. The fourth-order valence-electron chi connectivity index (χ4n) is 3.36. The molecule has 2 aliphatic rings. The molecule has 2 fully saturated rings. The maximum Gasteiger partial charge on any atom is 0.422 e. The molecule has 0 bridgehead atoms. The Bertz CT molecular complexity index is 413. The molecule has 1 saturated carbocycles. The van der Waals surface area contributed by atoms with Crippen molar-refractivity contribution in [1.82, 2.24) is 4.90 Å². The van der Waals surface area contributed by atoms with E-state index in [0.29, 0.717) is 12.8 Å². The van der Waals surface area contributed by atoms with Crippen LogP contribution in [0.4, 0.5) is 18.0 Å². The predicted molar refractivity (Wildman–Crippen MR) is 65.6 cm³/mol. The minimum absolute atomic E-state index is 0.160. The highest BCUT2D eigenvalue weighted by Crippen LogP contribution is 2.38. The van der Waals surface area contributed by atoms with Gasteiger partial charge in [-0.25, -0.2) is 9.59 Å². The van der Waals surface area contributed by atoms with Gasteiger partial charge in [0, 0.05) is 6.04 Å². The Morgan fingerprint density at radius 2 is 1.81 bits per heavy atom. The lowest BCUT2D eigenvalue weighted by atomic mass is 9.76. The summed E-state index contributed by atoms with van der Waals surface area (Å²) in [6.45, 7) is -1.69. The Kier molecular flexibility index (Phi) is 4.63. The molecule has 1 heterocycles. The summed E-state index contributed by atoms with van der Waals surface area (Å²) in [5, 5.41) is 9.20. The van der Waals surface area contributed by atoms with Gasteiger partial charge in [-0.15, -0.1) is 0 Å². The van der Waals surface area contributed by atoms with Crippen molar-refractivity contribution in [3.05, 3.63) is 0 Å². The quantitative estimate of drug-likeness (QED) is 0.852. The van der Waals surface area contributed by atoms with Gasteiger partial charge >= 0.3 is 18.2 Å². The summed E-state index contributed by atoms with van der Waals surface area (Å²) in [6.07, 6.45) is -1.49. The van der Waals surface area contributed by atoms with Crippen LogP contribution in [0.2, 0.25) is 0 Å². The first-order chi connectivity index (χ1) is 9.79. The van der Waals surface area contributed by atoms with Crippen LogP contribution in [0.3, 0.4) is 0 Å². The number of carboxylic acid groups (broad SMARTS) is 1. The van der Waals surface area contributed by atoms with Crippen molar-refractivity contribution in [1.29, 1.82) is 0 Å². The number of carbonyl (C=O) groups is 2. The zero-order valence-electron chi connectivity index (χ0n) is 11.4. The maximum atomic E-state index is 12.2. The number of alkyl halides is 3. The van der Waals surface area contributed by atoms with Crippen LogP contribution in [-0.2, 0) is 9.53 Å². The average molecular weight is 309 g/mol. The number of carboxylic acids is 1. The van der Waals surface area contributed by atoms with Gasteiger partial charge in [-0.3, -0.25) is 4.90 Å². The Labute approximate surface area is 120 Å². The molecule has 0 aromatic rings. The molecular weight excluding hydrogens is 291 g/mol. The van der Waals surface area contributed by atoms with Gasteiger partial charge in [0.05, 0.1) is 0 Å². The van der Waals surface area contributed by atoms with Crippen LogP contribution in [0.25, 0.3) is 0 Å². The van der Waals surface area contributed by atoms with E-state index in [4.69, 9.17) is 0 Å². The van der Waals surface area contributed by atoms with Gasteiger partial charge < -0.3 is 9.84 Å². The topological polar surface area (TPSA) is 66.8 Å². The van der Waals surface area contributed by atoms with Crippen LogP contribution in [0.1, 0.15) is 38.5 Å². The smallest absolute Gasteiger partial charge is 0.422 e. The zero-order chi connectivity index (χ0) is 15.6. The molecule has 0 aromatic heterocycles. The Morgan fingerprint density at radius 1 is 1.14 bits per heavy atom. The number of amides is 1. The second kappa shape index (κ2) is 6.11. The number of rotatable bonds is 2. The van der Waals surface area contributed by atoms with Crippen LogP contribution in [0, 0.1) is 5.92 Å². The van der Waals surface area contributed by atoms with Crippen molar-refractivity contribution in [3.63, 3.8) is 0 Å². The third-order valence-electron chi connectivity index (χ3n) is 4.23. The van der Waals surface area contributed by atoms with E-state index in [1.54, 1.807) is 0 Å². The number of piperidine rings is 1. The number of hydrogen-bond donors (Lipinski definition) is 1. The van der Waals surface area contributed by atoms with Crippen molar-refractivity contribution >= 4 is 12.1 Å². The van der Waals surface area contributed by atoms with E-state index in [1.165, 1.54) is 0 Å². The number of fused-ring (bicyclic) bond motifs is 1. The molecule has 1 aliphatic heterocycles. The lowest BCUT2D eigenvalue weighted by Crippen LogP contribution is -2.57. The largest absolute Gasteiger partial charge is 0.480 e. The highest BCUT2D eigenvalue weighted by molar-refractivity contribution is 5.80. The van der Waals surface area contributed by atoms with Gasteiger partial charge in [-0.1, -0.05) is 12.8 Å². The van der Waals surface area contributed by atoms with E-state index < -0.39 is 30.9 Å². The number of ether oxygens (including phenoxy) is 1. The van der Waals surface area contributed by atoms with E-state index in [2.05, 4.69) is 4.74 Å². The number of halogens is 3. The second-order valence-electron chi connectivity index (χ2n) is 5.62. The van der Waals surface area contributed by atoms with E-state index in [0.717, 1.165) is 24.2 Å². The van der Waals surface area contributed by atoms with Crippen LogP contribution in [0.15, 0.2) is 0 Å². The summed E-state index contributed by atoms with van der Waals surface area (Å²) < 4.78 is 40.8. The van der Waals surface area contributed by atoms with Crippen LogP contribution in [-0.4, -0.2) is 46.9 Å². The van der Waals surface area contributed by atoms with Crippen molar-refractivity contribution < 1.29 is 32.6 Å². The van der Waals surface area contributed by atoms with Gasteiger partial charge in [0.1, 0.15) is 6.04 Å². The molecular formula is C13H18F3NO4. The van der Waals surface area contributed by atoms with E-state index in [1.807, 2.05) is 0 Å². The molecule has 0 spiro atoms. The first kappa shape index (κ1) is 15.9. The van der Waals surface area contributed by atoms with Crippen molar-refractivity contribution in [2.75, 3.05) is 6.61 Å². The average Bonchev–Trinajstić information content (AvgIpc) is 2.42. The van der Waals surface area contributed by atoms with Crippen molar-refractivity contribution in [2.24, 2.45) is 5.92 Å². The van der Waals surface area contributed by atoms with Gasteiger partial charge in [0.25, 0.3) is 0 Å². The van der Waals surface area contributed by atoms with E-state index in [9.17, 15) is 27.9 Å². The monoisotopic (exact) mass is 309 g/mol. The summed E-state index contributed by atoms with van der Waals surface area (Å²) in [7, 11) is 0. The SMILES string of the molecule is O=C(O)C1CCC2CCCCC2N1C(=O)OCC(F)(F)F. The van der Waals surface area contributed by atoms with Crippen LogP contribution >= 0.6 is 0 Å². The van der Waals surface area contributed by atoms with Crippen LogP contribution < -0.4 is 0 Å². The van der Waals surface area contributed by atoms with E-state index >= 15 is 0 Å². The van der Waals surface area contributed by atoms with Crippen molar-refractivity contribution in [2.45, 2.75) is 56.8 Å². The number of likely N-dealkylation sites (tertiary alicyclic amines) is 1. The Morgan fingerprint density at radius 3 is 2.43 bits per heavy atom. The van der Waals surface area contributed by atoms with Crippen molar-refractivity contribution in [3.8, 4) is 0 Å². The molecule has 5 nitrogen and oxygen atoms in total. The molecule has 1 saturated heterocycles. The second-order valence-corrected chi connectivity index (χ2v) is 5.62. The zero-order valence-corrected chi connectivity index (χ0v) is 11.4. The molecule has 21 heavy (non-hydrogen) atoms. The van der Waals surface area contributed by atoms with E-state index in [-0.39, 0.29) is 18.4 Å². The normalized spacial score (nSPS) is 29.7. The number of hydrogen-bond acceptors (Lipinski definition) is 3. The maximum absolute atomic E-state index is 12.2. The van der Waals surface area contributed by atoms with Gasteiger partial charge in [0.15, 0.2) is 6.61 Å². The minimum atomic E-state index is -4.61. The summed E-state index contributed by atoms with van der Waals surface area (Å²) in [4.78, 5) is 24.3. The minimum Gasteiger partial charge on any atom is -0.480 e. The molecule has 120 valence electrons. The third kappa shape index (κ3) is 3.79. The summed E-state index contributed by atoms with van der Waals surface area (Å²) in [5.74, 6) is -1.03. The molecule has 3 atom stereocenters. The fraction of sp³-hybridized carbons (Fsp3) is 0.846. The Hall–Kier alpha value is -1.47. The molecule has 0 aromatic carbocycles. The first-order valence-electron chi connectivity index (χ1n) is 7.04. The molecule has 8 heteroatoms. The summed E-state index contributed by atoms with van der Waals surface area (Å²) in [5.41, 5.74) is 0. The number of nitrogens with zero attached hydrogens (tertiary/aromatic N) is 1. The fourth-order valence-corrected chi connectivity index (χ4v) is 3.36. The third-order valence-corrected chi connectivity index (χ3v) is 4.23. The van der Waals surface area contributed by atoms with Crippen LogP contribution in [0.5, 0.6) is 0 Å². The van der Waals surface area contributed by atoms with Gasteiger partial charge in [-0.05, 0) is 31.6 Å². The molecule has 1 amide bonds. The molecule has 1 aliphatic carbocycles. The summed E-state index contributed by atoms with van der Waals surface area (Å²) >= 11 is 0. The van der Waals surface area contributed by atoms with Gasteiger partial charge in [-0.2, -0.15) is 13.2 Å². The highest BCUT2D eigenvalue weighted by Gasteiger charge is 2.45. The highest BCUT2D eigenvalue weighted by atomic mass is 19.4. The lowest BCUT2D eigenvalue weighted by Gasteiger charge is -2.46. The number of aliphatic carboxylic acids is 1. The summed E-state index contributed by atoms with van der Waals surface area (Å²) in [6, 6.07) is -1.42. The molecule has 1 N–H and O–H groups in total. The molecule has 2 rings (SSSR count). The Balaban J connectivity index is 2.12. The lowest BCUT2D eigenvalue weighted by molar-refractivity contribution is -0.166. The molecule has 0 radical (unpaired) electrons. The predicted octanol–water partition coefficient (Wildman–Crippen LogP) is 2.79. The standard InChI is InChI=1S/C13H18F3NO4/c14-13(15,16)7-21-12(20)17-9-4-2-1-3-8(9)5-6-10(17)11(18)19/h8-10H,1-7H2,(H,18,19).